The van der Waals surface area contributed by atoms with Crippen molar-refractivity contribution >= 4 is 30.4 Å². The van der Waals surface area contributed by atoms with Crippen molar-refractivity contribution in [1.29, 1.82) is 0 Å². The maximum Gasteiger partial charge on any atom is 0.313 e. The lowest BCUT2D eigenvalue weighted by atomic mass is 10.8. The topological polar surface area (TPSA) is 63.3 Å². The molecule has 5 heteroatoms. The molecule has 0 aliphatic rings. The molecule has 0 bridgehead atoms. The zero-order valence-corrected chi connectivity index (χ0v) is 6.28. The van der Waals surface area contributed by atoms with Crippen LogP contribution in [-0.4, -0.2) is 16.8 Å². The van der Waals surface area contributed by atoms with Crippen LogP contribution in [0, 0.1) is 0 Å². The Morgan fingerprint density at radius 1 is 1.89 bits per heavy atom. The summed E-state index contributed by atoms with van der Waals surface area (Å²) in [5.74, 6) is -0.861. The van der Waals surface area contributed by atoms with Gasteiger partial charge < -0.3 is 10.8 Å². The van der Waals surface area contributed by atoms with Crippen LogP contribution in [0.4, 0.5) is 0 Å². The van der Waals surface area contributed by atoms with Crippen molar-refractivity contribution in [3.63, 3.8) is 0 Å². The molecule has 0 atom stereocenters. The minimum Gasteiger partial charge on any atom is -0.481 e. The van der Waals surface area contributed by atoms with Crippen molar-refractivity contribution in [2.75, 3.05) is 5.75 Å². The highest BCUT2D eigenvalue weighted by atomic mass is 32.2. The highest BCUT2D eigenvalue weighted by molar-refractivity contribution is 8.15. The molecule has 0 saturated heterocycles. The third kappa shape index (κ3) is 5.58. The fraction of sp³-hybridized carbons (Fsp3) is 0.250. The Bertz CT molecular complexity index is 135. The Balaban J connectivity index is 3.39. The van der Waals surface area contributed by atoms with Gasteiger partial charge in [-0.2, -0.15) is 0 Å². The predicted octanol–water partition coefficient (Wildman–Crippen LogP) is 0.492. The lowest BCUT2D eigenvalue weighted by Gasteiger charge is -1.92. The van der Waals surface area contributed by atoms with Gasteiger partial charge in [0.15, 0.2) is 0 Å². The van der Waals surface area contributed by atoms with Crippen molar-refractivity contribution < 1.29 is 9.90 Å². The van der Waals surface area contributed by atoms with Gasteiger partial charge in [0.1, 0.15) is 0 Å². The van der Waals surface area contributed by atoms with Crippen LogP contribution in [0.25, 0.3) is 0 Å². The number of thiol groups is 1. The zero-order valence-electron chi connectivity index (χ0n) is 4.57. The molecule has 9 heavy (non-hydrogen) atoms. The van der Waals surface area contributed by atoms with Crippen LogP contribution < -0.4 is 5.73 Å². The summed E-state index contributed by atoms with van der Waals surface area (Å²) in [6.45, 7) is 0. The monoisotopic (exact) mass is 165 g/mol. The number of hydrogen-bond acceptors (Lipinski definition) is 4. The number of nitrogens with two attached hydrogens (primary N) is 1. The first kappa shape index (κ1) is 8.71. The summed E-state index contributed by atoms with van der Waals surface area (Å²) < 4.78 is 0.525. The normalized spacial score (nSPS) is 11.4. The molecule has 0 fully saturated rings. The Kier molecular flexibility index (Phi) is 4.43. The van der Waals surface area contributed by atoms with Gasteiger partial charge in [-0.25, -0.2) is 0 Å². The highest BCUT2D eigenvalue weighted by Gasteiger charge is 1.96. The van der Waals surface area contributed by atoms with E-state index in [9.17, 15) is 4.79 Å². The molecule has 0 aromatic heterocycles. The second-order valence-electron chi connectivity index (χ2n) is 1.19. The van der Waals surface area contributed by atoms with Crippen molar-refractivity contribution in [2.45, 2.75) is 0 Å². The van der Waals surface area contributed by atoms with Crippen LogP contribution in [0.3, 0.4) is 0 Å². The van der Waals surface area contributed by atoms with Crippen molar-refractivity contribution in [2.24, 2.45) is 5.73 Å². The van der Waals surface area contributed by atoms with Gasteiger partial charge in [-0.3, -0.25) is 4.79 Å². The van der Waals surface area contributed by atoms with E-state index in [1.165, 1.54) is 6.20 Å². The number of carboxylic acid groups (broad SMARTS) is 1. The maximum absolute atomic E-state index is 9.90. The van der Waals surface area contributed by atoms with Gasteiger partial charge in [0.05, 0.1) is 9.99 Å². The van der Waals surface area contributed by atoms with Crippen molar-refractivity contribution in [3.8, 4) is 0 Å². The molecule has 0 amide bonds. The average molecular weight is 165 g/mol. The molecule has 0 aromatic carbocycles. The number of carboxylic acids is 1. The van der Waals surface area contributed by atoms with Crippen molar-refractivity contribution in [3.05, 3.63) is 10.4 Å². The Labute approximate surface area is 62.7 Å². The Morgan fingerprint density at radius 2 is 2.44 bits per heavy atom. The second kappa shape index (κ2) is 4.58. The van der Waals surface area contributed by atoms with Crippen LogP contribution in [0.2, 0.25) is 0 Å². The Hall–Kier alpha value is -0.290. The summed E-state index contributed by atoms with van der Waals surface area (Å²) in [4.78, 5) is 9.90. The van der Waals surface area contributed by atoms with E-state index in [0.717, 1.165) is 11.8 Å². The summed E-state index contributed by atoms with van der Waals surface area (Å²) >= 11 is 4.93. The smallest absolute Gasteiger partial charge is 0.313 e. The van der Waals surface area contributed by atoms with Crippen LogP contribution in [0.15, 0.2) is 10.4 Å². The van der Waals surface area contributed by atoms with E-state index in [1.54, 1.807) is 0 Å². The molecule has 0 rings (SSSR count). The fourth-order valence-electron chi connectivity index (χ4n) is 0.184. The zero-order chi connectivity index (χ0) is 7.28. The van der Waals surface area contributed by atoms with Gasteiger partial charge in [0.2, 0.25) is 0 Å². The molecule has 52 valence electrons. The molecule has 0 unspecified atom stereocenters. The highest BCUT2D eigenvalue weighted by Crippen LogP contribution is 2.16. The molecule has 0 saturated carbocycles. The predicted molar refractivity (Wildman–Crippen MR) is 41.4 cm³/mol. The molecule has 0 aliphatic carbocycles. The Morgan fingerprint density at radius 3 is 2.78 bits per heavy atom. The molecule has 0 aliphatic heterocycles. The van der Waals surface area contributed by atoms with E-state index in [4.69, 9.17) is 10.8 Å². The lowest BCUT2D eigenvalue weighted by Crippen LogP contribution is -1.97. The maximum atomic E-state index is 9.90. The van der Waals surface area contributed by atoms with Gasteiger partial charge in [0.25, 0.3) is 0 Å². The molecule has 0 aromatic rings. The van der Waals surface area contributed by atoms with Gasteiger partial charge in [-0.15, -0.1) is 24.4 Å². The first-order valence-electron chi connectivity index (χ1n) is 2.12. The van der Waals surface area contributed by atoms with Gasteiger partial charge in [-0.05, 0) is 0 Å². The SMILES string of the molecule is N/C=C(\S)SCC(=O)O. The molecular formula is C4H7NO2S2. The number of aliphatic carboxylic acids is 1. The third-order valence-corrected chi connectivity index (χ3v) is 1.85. The number of thioether (sulfide) groups is 1. The van der Waals surface area contributed by atoms with Gasteiger partial charge in [-0.1, -0.05) is 0 Å². The summed E-state index contributed by atoms with van der Waals surface area (Å²) in [5.41, 5.74) is 5.01. The van der Waals surface area contributed by atoms with Gasteiger partial charge >= 0.3 is 5.97 Å². The lowest BCUT2D eigenvalue weighted by molar-refractivity contribution is -0.133. The van der Waals surface area contributed by atoms with E-state index in [-0.39, 0.29) is 5.75 Å². The second-order valence-corrected chi connectivity index (χ2v) is 2.99. The van der Waals surface area contributed by atoms with E-state index < -0.39 is 5.97 Å². The minimum absolute atomic E-state index is 0.00648. The summed E-state index contributed by atoms with van der Waals surface area (Å²) in [7, 11) is 0. The third-order valence-electron chi connectivity index (χ3n) is 0.486. The molecule has 0 spiro atoms. The van der Waals surface area contributed by atoms with Crippen LogP contribution in [0.5, 0.6) is 0 Å². The molecular weight excluding hydrogens is 158 g/mol. The molecule has 0 heterocycles. The first-order valence-corrected chi connectivity index (χ1v) is 3.55. The number of carbonyl (C=O) groups is 1. The van der Waals surface area contributed by atoms with E-state index >= 15 is 0 Å². The van der Waals surface area contributed by atoms with E-state index in [1.807, 2.05) is 0 Å². The first-order chi connectivity index (χ1) is 4.16. The van der Waals surface area contributed by atoms with Crippen molar-refractivity contribution in [1.82, 2.24) is 0 Å². The summed E-state index contributed by atoms with van der Waals surface area (Å²) in [6, 6.07) is 0. The van der Waals surface area contributed by atoms with E-state index in [2.05, 4.69) is 12.6 Å². The largest absolute Gasteiger partial charge is 0.481 e. The van der Waals surface area contributed by atoms with Crippen LogP contribution in [-0.2, 0) is 4.79 Å². The average Bonchev–Trinajstić information content (AvgIpc) is 1.83. The quantitative estimate of drug-likeness (QED) is 0.533. The summed E-state index contributed by atoms with van der Waals surface area (Å²) in [6.07, 6.45) is 1.26. The van der Waals surface area contributed by atoms with E-state index in [0.29, 0.717) is 4.24 Å². The molecule has 0 radical (unpaired) electrons. The molecule has 3 N–H and O–H groups in total. The van der Waals surface area contributed by atoms with Gasteiger partial charge in [0, 0.05) is 6.20 Å². The standard InChI is InChI=1S/C4H7NO2S2/c5-1-4(8)9-2-3(6)7/h1,8H,2,5H2,(H,6,7)/b4-1+. The van der Waals surface area contributed by atoms with Crippen LogP contribution >= 0.6 is 24.4 Å². The minimum atomic E-state index is -0.867. The fourth-order valence-corrected chi connectivity index (χ4v) is 0.745. The number of rotatable bonds is 3. The van der Waals surface area contributed by atoms with Crippen LogP contribution in [0.1, 0.15) is 0 Å². The summed E-state index contributed by atoms with van der Waals surface area (Å²) in [5, 5.41) is 8.14. The molecule has 3 nitrogen and oxygen atoms in total. The number of hydrogen-bond donors (Lipinski definition) is 3.